The molecule has 0 atom stereocenters. The predicted molar refractivity (Wildman–Crippen MR) is 75.6 cm³/mol. The largest absolute Gasteiger partial charge is 0.244 e. The van der Waals surface area contributed by atoms with Gasteiger partial charge in [0.2, 0.25) is 10.0 Å². The van der Waals surface area contributed by atoms with Crippen molar-refractivity contribution in [1.29, 1.82) is 0 Å². The number of hydrogen-bond acceptors (Lipinski definition) is 3. The molecule has 0 bridgehead atoms. The first-order valence-corrected chi connectivity index (χ1v) is 8.23. The highest BCUT2D eigenvalue weighted by molar-refractivity contribution is 7.89. The molecule has 0 fully saturated rings. The Hall–Kier alpha value is -0.910. The quantitative estimate of drug-likeness (QED) is 0.672. The van der Waals surface area contributed by atoms with Gasteiger partial charge in [0.1, 0.15) is 5.15 Å². The zero-order valence-corrected chi connectivity index (χ0v) is 12.2. The van der Waals surface area contributed by atoms with E-state index in [1.165, 1.54) is 36.7 Å². The fourth-order valence-electron chi connectivity index (χ4n) is 2.11. The molecule has 0 unspecified atom stereocenters. The van der Waals surface area contributed by atoms with E-state index in [9.17, 15) is 8.42 Å². The van der Waals surface area contributed by atoms with Crippen LogP contribution in [-0.2, 0) is 10.0 Å². The number of aromatic nitrogens is 1. The molecule has 6 heteroatoms. The monoisotopic (exact) mass is 300 g/mol. The smallest absolute Gasteiger partial charge is 0.240 e. The zero-order valence-electron chi connectivity index (χ0n) is 10.6. The third-order valence-corrected chi connectivity index (χ3v) is 4.80. The average Bonchev–Trinajstić information content (AvgIpc) is 2.40. The minimum Gasteiger partial charge on any atom is -0.244 e. The van der Waals surface area contributed by atoms with Gasteiger partial charge in [0.05, 0.1) is 4.90 Å². The van der Waals surface area contributed by atoms with Gasteiger partial charge in [-0.1, -0.05) is 23.3 Å². The SMILES string of the molecule is O=S(=O)(NCCC1=CCCCC1)c1ccnc(Cl)c1. The highest BCUT2D eigenvalue weighted by Gasteiger charge is 2.14. The minimum absolute atomic E-state index is 0.158. The summed E-state index contributed by atoms with van der Waals surface area (Å²) < 4.78 is 26.6. The van der Waals surface area contributed by atoms with E-state index in [1.807, 2.05) is 0 Å². The van der Waals surface area contributed by atoms with Crippen LogP contribution in [0.5, 0.6) is 0 Å². The van der Waals surface area contributed by atoms with Crippen LogP contribution in [0.1, 0.15) is 32.1 Å². The van der Waals surface area contributed by atoms with Crippen LogP contribution in [-0.4, -0.2) is 19.9 Å². The van der Waals surface area contributed by atoms with E-state index in [4.69, 9.17) is 11.6 Å². The Morgan fingerprint density at radius 3 is 2.89 bits per heavy atom. The summed E-state index contributed by atoms with van der Waals surface area (Å²) in [5.74, 6) is 0. The van der Waals surface area contributed by atoms with Gasteiger partial charge in [-0.25, -0.2) is 18.1 Å². The molecule has 2 rings (SSSR count). The van der Waals surface area contributed by atoms with Crippen LogP contribution in [0.25, 0.3) is 0 Å². The number of pyridine rings is 1. The van der Waals surface area contributed by atoms with E-state index in [1.54, 1.807) is 0 Å². The summed E-state index contributed by atoms with van der Waals surface area (Å²) in [6.45, 7) is 0.425. The van der Waals surface area contributed by atoms with E-state index >= 15 is 0 Å². The van der Waals surface area contributed by atoms with E-state index < -0.39 is 10.0 Å². The second-order valence-electron chi connectivity index (χ2n) is 4.57. The molecule has 1 aliphatic carbocycles. The summed E-state index contributed by atoms with van der Waals surface area (Å²) in [5.41, 5.74) is 1.35. The summed E-state index contributed by atoms with van der Waals surface area (Å²) >= 11 is 5.69. The molecule has 0 aromatic carbocycles. The first-order chi connectivity index (χ1) is 9.08. The third-order valence-electron chi connectivity index (χ3n) is 3.13. The number of allylic oxidation sites excluding steroid dienone is 1. The van der Waals surface area contributed by atoms with E-state index in [0.717, 1.165) is 19.3 Å². The zero-order chi connectivity index (χ0) is 13.7. The standard InChI is InChI=1S/C13H17ClN2O2S/c14-13-10-12(7-8-15-13)19(17,18)16-9-6-11-4-2-1-3-5-11/h4,7-8,10,16H,1-3,5-6,9H2. The molecule has 0 aliphatic heterocycles. The van der Waals surface area contributed by atoms with Crippen molar-refractivity contribution in [2.75, 3.05) is 6.54 Å². The first kappa shape index (κ1) is 14.5. The maximum Gasteiger partial charge on any atom is 0.240 e. The van der Waals surface area contributed by atoms with Crippen LogP contribution in [0.15, 0.2) is 34.9 Å². The van der Waals surface area contributed by atoms with E-state index in [2.05, 4.69) is 15.8 Å². The Labute approximate surface area is 118 Å². The van der Waals surface area contributed by atoms with Crippen molar-refractivity contribution in [2.45, 2.75) is 37.0 Å². The minimum atomic E-state index is -3.49. The summed E-state index contributed by atoms with van der Waals surface area (Å²) in [4.78, 5) is 3.93. The highest BCUT2D eigenvalue weighted by atomic mass is 35.5. The van der Waals surface area contributed by atoms with Crippen molar-refractivity contribution in [1.82, 2.24) is 9.71 Å². The highest BCUT2D eigenvalue weighted by Crippen LogP contribution is 2.20. The molecule has 1 aromatic heterocycles. The number of nitrogens with one attached hydrogen (secondary N) is 1. The van der Waals surface area contributed by atoms with Gasteiger partial charge in [0, 0.05) is 12.7 Å². The van der Waals surface area contributed by atoms with Crippen LogP contribution >= 0.6 is 11.6 Å². The summed E-state index contributed by atoms with van der Waals surface area (Å²) in [6.07, 6.45) is 9.04. The molecule has 19 heavy (non-hydrogen) atoms. The number of hydrogen-bond donors (Lipinski definition) is 1. The Morgan fingerprint density at radius 2 is 2.21 bits per heavy atom. The number of nitrogens with zero attached hydrogens (tertiary/aromatic N) is 1. The topological polar surface area (TPSA) is 59.1 Å². The van der Waals surface area contributed by atoms with Gasteiger partial charge in [0.15, 0.2) is 0 Å². The predicted octanol–water partition coefficient (Wildman–Crippen LogP) is 2.90. The summed E-state index contributed by atoms with van der Waals surface area (Å²) in [7, 11) is -3.49. The van der Waals surface area contributed by atoms with E-state index in [-0.39, 0.29) is 10.0 Å². The maximum atomic E-state index is 12.0. The molecule has 1 heterocycles. The summed E-state index contributed by atoms with van der Waals surface area (Å²) in [6, 6.07) is 2.79. The first-order valence-electron chi connectivity index (χ1n) is 6.37. The van der Waals surface area contributed by atoms with Crippen molar-refractivity contribution >= 4 is 21.6 Å². The Bertz CT molecular complexity index is 570. The molecule has 0 radical (unpaired) electrons. The van der Waals surface area contributed by atoms with Crippen molar-refractivity contribution < 1.29 is 8.42 Å². The van der Waals surface area contributed by atoms with Gasteiger partial charge < -0.3 is 0 Å². The third kappa shape index (κ3) is 4.30. The van der Waals surface area contributed by atoms with Gasteiger partial charge in [-0.3, -0.25) is 0 Å². The second kappa shape index (κ2) is 6.50. The number of rotatable bonds is 5. The maximum absolute atomic E-state index is 12.0. The molecular formula is C13H17ClN2O2S. The molecule has 0 saturated heterocycles. The van der Waals surface area contributed by atoms with Crippen LogP contribution in [0, 0.1) is 0 Å². The van der Waals surface area contributed by atoms with Gasteiger partial charge in [-0.05, 0) is 44.2 Å². The molecule has 0 spiro atoms. The normalized spacial score (nSPS) is 16.2. The fourth-order valence-corrected chi connectivity index (χ4v) is 3.40. The fraction of sp³-hybridized carbons (Fsp3) is 0.462. The van der Waals surface area contributed by atoms with E-state index in [0.29, 0.717) is 6.54 Å². The Balaban J connectivity index is 1.92. The summed E-state index contributed by atoms with van der Waals surface area (Å²) in [5, 5.41) is 0.179. The van der Waals surface area contributed by atoms with Gasteiger partial charge in [0.25, 0.3) is 0 Å². The van der Waals surface area contributed by atoms with Crippen molar-refractivity contribution in [3.63, 3.8) is 0 Å². The lowest BCUT2D eigenvalue weighted by molar-refractivity contribution is 0.579. The van der Waals surface area contributed by atoms with Crippen LogP contribution < -0.4 is 4.72 Å². The molecule has 1 aromatic rings. The van der Waals surface area contributed by atoms with Crippen molar-refractivity contribution in [3.8, 4) is 0 Å². The van der Waals surface area contributed by atoms with Crippen LogP contribution in [0.4, 0.5) is 0 Å². The van der Waals surface area contributed by atoms with Gasteiger partial charge >= 0.3 is 0 Å². The molecule has 104 valence electrons. The van der Waals surface area contributed by atoms with Gasteiger partial charge in [-0.15, -0.1) is 0 Å². The van der Waals surface area contributed by atoms with Crippen LogP contribution in [0.2, 0.25) is 5.15 Å². The Morgan fingerprint density at radius 1 is 1.37 bits per heavy atom. The molecule has 1 aliphatic rings. The lowest BCUT2D eigenvalue weighted by Crippen LogP contribution is -2.25. The molecule has 0 saturated carbocycles. The van der Waals surface area contributed by atoms with Crippen molar-refractivity contribution in [3.05, 3.63) is 35.1 Å². The molecule has 4 nitrogen and oxygen atoms in total. The van der Waals surface area contributed by atoms with Crippen LogP contribution in [0.3, 0.4) is 0 Å². The average molecular weight is 301 g/mol. The molecule has 1 N–H and O–H groups in total. The lowest BCUT2D eigenvalue weighted by atomic mass is 9.97. The van der Waals surface area contributed by atoms with Gasteiger partial charge in [-0.2, -0.15) is 0 Å². The molecule has 0 amide bonds. The number of halogens is 1. The van der Waals surface area contributed by atoms with Crippen molar-refractivity contribution in [2.24, 2.45) is 0 Å². The second-order valence-corrected chi connectivity index (χ2v) is 6.72. The Kier molecular flexibility index (Phi) is 4.96. The number of sulfonamides is 1. The molecular weight excluding hydrogens is 284 g/mol. The lowest BCUT2D eigenvalue weighted by Gasteiger charge is -2.13.